The van der Waals surface area contributed by atoms with Crippen molar-refractivity contribution in [2.45, 2.75) is 45.6 Å². The van der Waals surface area contributed by atoms with Crippen LogP contribution in [0.2, 0.25) is 0 Å². The van der Waals surface area contributed by atoms with Gasteiger partial charge in [0, 0.05) is 24.6 Å². The van der Waals surface area contributed by atoms with E-state index in [1.165, 1.54) is 24.0 Å². The number of benzene rings is 1. The van der Waals surface area contributed by atoms with Crippen LogP contribution in [0.1, 0.15) is 49.8 Å². The molecule has 0 saturated heterocycles. The Balaban J connectivity index is 1.96. The van der Waals surface area contributed by atoms with Gasteiger partial charge in [-0.25, -0.2) is 0 Å². The number of aliphatic hydroxyl groups is 1. The Morgan fingerprint density at radius 3 is 2.56 bits per heavy atom. The van der Waals surface area contributed by atoms with E-state index in [0.717, 1.165) is 19.4 Å². The second kappa shape index (κ2) is 5.85. The van der Waals surface area contributed by atoms with Crippen LogP contribution < -0.4 is 5.32 Å². The Kier molecular flexibility index (Phi) is 4.41. The molecule has 2 heteroatoms. The van der Waals surface area contributed by atoms with Gasteiger partial charge in [-0.1, -0.05) is 37.1 Å². The molecule has 2 N–H and O–H groups in total. The van der Waals surface area contributed by atoms with Crippen LogP contribution in [0.4, 0.5) is 0 Å². The van der Waals surface area contributed by atoms with Crippen molar-refractivity contribution in [3.8, 4) is 0 Å². The highest BCUT2D eigenvalue weighted by Crippen LogP contribution is 2.37. The molecule has 0 bridgehead atoms. The average molecular weight is 247 g/mol. The lowest BCUT2D eigenvalue weighted by Gasteiger charge is -2.29. The van der Waals surface area contributed by atoms with Crippen molar-refractivity contribution in [2.24, 2.45) is 5.41 Å². The summed E-state index contributed by atoms with van der Waals surface area (Å²) in [6.45, 7) is 5.62. The van der Waals surface area contributed by atoms with Gasteiger partial charge in [0.25, 0.3) is 0 Å². The van der Waals surface area contributed by atoms with Crippen molar-refractivity contribution in [1.82, 2.24) is 5.32 Å². The molecular formula is C16H25NO. The molecule has 0 aliphatic heterocycles. The number of nitrogens with one attached hydrogen (secondary N) is 1. The van der Waals surface area contributed by atoms with Crippen LogP contribution in [0.5, 0.6) is 0 Å². The number of aryl methyl sites for hydroxylation is 1. The molecule has 0 aromatic heterocycles. The zero-order valence-corrected chi connectivity index (χ0v) is 11.6. The molecule has 1 atom stereocenters. The lowest BCUT2D eigenvalue weighted by atomic mass is 9.86. The Hall–Kier alpha value is -0.860. The maximum atomic E-state index is 9.61. The highest BCUT2D eigenvalue weighted by atomic mass is 16.3. The molecule has 0 radical (unpaired) electrons. The summed E-state index contributed by atoms with van der Waals surface area (Å²) in [5.41, 5.74) is 2.84. The molecular weight excluding hydrogens is 222 g/mol. The first kappa shape index (κ1) is 13.6. The van der Waals surface area contributed by atoms with E-state index in [2.05, 4.69) is 43.4 Å². The van der Waals surface area contributed by atoms with Gasteiger partial charge in [-0.15, -0.1) is 0 Å². The average Bonchev–Trinajstić information content (AvgIpc) is 2.86. The molecule has 1 aliphatic carbocycles. The van der Waals surface area contributed by atoms with Crippen LogP contribution in [-0.4, -0.2) is 18.3 Å². The van der Waals surface area contributed by atoms with E-state index in [0.29, 0.717) is 12.6 Å². The summed E-state index contributed by atoms with van der Waals surface area (Å²) < 4.78 is 0. The van der Waals surface area contributed by atoms with E-state index < -0.39 is 0 Å². The van der Waals surface area contributed by atoms with Crippen LogP contribution >= 0.6 is 0 Å². The van der Waals surface area contributed by atoms with Crippen molar-refractivity contribution in [2.75, 3.05) is 13.2 Å². The quantitative estimate of drug-likeness (QED) is 0.837. The summed E-state index contributed by atoms with van der Waals surface area (Å²) in [6, 6.07) is 8.88. The maximum Gasteiger partial charge on any atom is 0.0499 e. The van der Waals surface area contributed by atoms with Crippen LogP contribution in [0.25, 0.3) is 0 Å². The predicted molar refractivity (Wildman–Crippen MR) is 75.6 cm³/mol. The van der Waals surface area contributed by atoms with Gasteiger partial charge in [0.1, 0.15) is 0 Å². The minimum absolute atomic E-state index is 0.136. The highest BCUT2D eigenvalue weighted by molar-refractivity contribution is 5.28. The lowest BCUT2D eigenvalue weighted by Crippen LogP contribution is -2.36. The van der Waals surface area contributed by atoms with Crippen molar-refractivity contribution >= 4 is 0 Å². The van der Waals surface area contributed by atoms with E-state index >= 15 is 0 Å². The SMILES string of the molecule is Cc1ccccc1C(C)NCC1(CO)CCCC1. The number of hydrogen-bond acceptors (Lipinski definition) is 2. The predicted octanol–water partition coefficient (Wildman–Crippen LogP) is 3.20. The number of hydrogen-bond donors (Lipinski definition) is 2. The van der Waals surface area contributed by atoms with E-state index in [1.807, 2.05) is 0 Å². The fourth-order valence-corrected chi connectivity index (χ4v) is 3.07. The topological polar surface area (TPSA) is 32.3 Å². The molecule has 18 heavy (non-hydrogen) atoms. The van der Waals surface area contributed by atoms with Crippen LogP contribution in [0, 0.1) is 12.3 Å². The van der Waals surface area contributed by atoms with Crippen LogP contribution in [0.3, 0.4) is 0 Å². The third-order valence-electron chi connectivity index (χ3n) is 4.44. The molecule has 2 rings (SSSR count). The lowest BCUT2D eigenvalue weighted by molar-refractivity contribution is 0.125. The summed E-state index contributed by atoms with van der Waals surface area (Å²) in [4.78, 5) is 0. The minimum Gasteiger partial charge on any atom is -0.396 e. The molecule has 1 aromatic rings. The summed E-state index contributed by atoms with van der Waals surface area (Å²) >= 11 is 0. The molecule has 0 heterocycles. The first-order chi connectivity index (χ1) is 8.67. The van der Waals surface area contributed by atoms with E-state index in [9.17, 15) is 5.11 Å². The molecule has 100 valence electrons. The second-order valence-electron chi connectivity index (χ2n) is 5.82. The van der Waals surface area contributed by atoms with Crippen molar-refractivity contribution < 1.29 is 5.11 Å². The molecule has 1 fully saturated rings. The van der Waals surface area contributed by atoms with Crippen molar-refractivity contribution in [3.63, 3.8) is 0 Å². The van der Waals surface area contributed by atoms with Gasteiger partial charge in [-0.05, 0) is 37.8 Å². The Morgan fingerprint density at radius 1 is 1.28 bits per heavy atom. The fraction of sp³-hybridized carbons (Fsp3) is 0.625. The molecule has 0 amide bonds. The van der Waals surface area contributed by atoms with Gasteiger partial charge in [0.05, 0.1) is 0 Å². The molecule has 1 saturated carbocycles. The normalized spacial score (nSPS) is 19.9. The number of rotatable bonds is 5. The number of aliphatic hydroxyl groups excluding tert-OH is 1. The second-order valence-corrected chi connectivity index (χ2v) is 5.82. The third-order valence-corrected chi connectivity index (χ3v) is 4.44. The van der Waals surface area contributed by atoms with Gasteiger partial charge < -0.3 is 10.4 Å². The van der Waals surface area contributed by atoms with Gasteiger partial charge in [-0.3, -0.25) is 0 Å². The summed E-state index contributed by atoms with van der Waals surface area (Å²) in [7, 11) is 0. The Labute approximate surface area is 110 Å². The summed E-state index contributed by atoms with van der Waals surface area (Å²) in [5.74, 6) is 0. The standard InChI is InChI=1S/C16H25NO/c1-13-7-3-4-8-15(13)14(2)17-11-16(12-18)9-5-6-10-16/h3-4,7-8,14,17-18H,5-6,9-12H2,1-2H3. The van der Waals surface area contributed by atoms with E-state index in [1.54, 1.807) is 0 Å². The van der Waals surface area contributed by atoms with Crippen LogP contribution in [0.15, 0.2) is 24.3 Å². The third kappa shape index (κ3) is 2.93. The summed E-state index contributed by atoms with van der Waals surface area (Å²) in [5, 5.41) is 13.2. The highest BCUT2D eigenvalue weighted by Gasteiger charge is 2.33. The van der Waals surface area contributed by atoms with Gasteiger partial charge >= 0.3 is 0 Å². The molecule has 1 aliphatic rings. The molecule has 0 spiro atoms. The van der Waals surface area contributed by atoms with Gasteiger partial charge in [0.2, 0.25) is 0 Å². The summed E-state index contributed by atoms with van der Waals surface area (Å²) in [6.07, 6.45) is 4.86. The molecule has 2 nitrogen and oxygen atoms in total. The monoisotopic (exact) mass is 247 g/mol. The smallest absolute Gasteiger partial charge is 0.0499 e. The minimum atomic E-state index is 0.136. The van der Waals surface area contributed by atoms with Crippen molar-refractivity contribution in [3.05, 3.63) is 35.4 Å². The Morgan fingerprint density at radius 2 is 1.94 bits per heavy atom. The largest absolute Gasteiger partial charge is 0.396 e. The molecule has 1 unspecified atom stereocenters. The van der Waals surface area contributed by atoms with Crippen molar-refractivity contribution in [1.29, 1.82) is 0 Å². The van der Waals surface area contributed by atoms with E-state index in [4.69, 9.17) is 0 Å². The zero-order chi connectivity index (χ0) is 13.0. The first-order valence-corrected chi connectivity index (χ1v) is 7.07. The maximum absolute atomic E-state index is 9.61. The first-order valence-electron chi connectivity index (χ1n) is 7.07. The zero-order valence-electron chi connectivity index (χ0n) is 11.6. The van der Waals surface area contributed by atoms with Gasteiger partial charge in [-0.2, -0.15) is 0 Å². The van der Waals surface area contributed by atoms with Gasteiger partial charge in [0.15, 0.2) is 0 Å². The van der Waals surface area contributed by atoms with E-state index in [-0.39, 0.29) is 5.41 Å². The Bertz CT molecular complexity index is 382. The fourth-order valence-electron chi connectivity index (χ4n) is 3.07. The molecule has 1 aromatic carbocycles. The van der Waals surface area contributed by atoms with Crippen LogP contribution in [-0.2, 0) is 0 Å².